The van der Waals surface area contributed by atoms with E-state index in [9.17, 15) is 22.0 Å². The molecule has 2 rings (SSSR count). The Bertz CT molecular complexity index is 622. The molecule has 7 heteroatoms. The number of pyridine rings is 1. The summed E-state index contributed by atoms with van der Waals surface area (Å²) in [6, 6.07) is 3.67. The molecule has 1 heterocycles. The molecular formula is C12H7F5N2. The van der Waals surface area contributed by atoms with Crippen LogP contribution >= 0.6 is 0 Å². The van der Waals surface area contributed by atoms with Crippen LogP contribution < -0.4 is 5.73 Å². The second kappa shape index (κ2) is 4.49. The van der Waals surface area contributed by atoms with Gasteiger partial charge in [0.1, 0.15) is 17.5 Å². The van der Waals surface area contributed by atoms with Gasteiger partial charge in [-0.3, -0.25) is 0 Å². The third-order valence-corrected chi connectivity index (χ3v) is 2.38. The molecule has 2 nitrogen and oxygen atoms in total. The Kier molecular flexibility index (Phi) is 3.13. The zero-order chi connectivity index (χ0) is 14.2. The number of nitrogen functional groups attached to an aromatic ring is 1. The predicted molar refractivity (Wildman–Crippen MR) is 59.0 cm³/mol. The maximum absolute atomic E-state index is 13.5. The molecule has 0 aliphatic rings. The molecule has 19 heavy (non-hydrogen) atoms. The summed E-state index contributed by atoms with van der Waals surface area (Å²) in [7, 11) is 0. The van der Waals surface area contributed by atoms with Gasteiger partial charge in [0.15, 0.2) is 0 Å². The summed E-state index contributed by atoms with van der Waals surface area (Å²) in [5.74, 6) is -2.09. The van der Waals surface area contributed by atoms with E-state index in [2.05, 4.69) is 4.98 Å². The number of nitrogens with zero attached hydrogens (tertiary/aromatic N) is 1. The first-order chi connectivity index (χ1) is 8.77. The van der Waals surface area contributed by atoms with Gasteiger partial charge in [0.2, 0.25) is 0 Å². The summed E-state index contributed by atoms with van der Waals surface area (Å²) >= 11 is 0. The molecule has 2 aromatic rings. The second-order valence-electron chi connectivity index (χ2n) is 3.79. The van der Waals surface area contributed by atoms with Gasteiger partial charge in [-0.2, -0.15) is 13.2 Å². The summed E-state index contributed by atoms with van der Waals surface area (Å²) in [4.78, 5) is 3.59. The normalized spacial score (nSPS) is 11.6. The van der Waals surface area contributed by atoms with Crippen LogP contribution in [0.5, 0.6) is 0 Å². The van der Waals surface area contributed by atoms with Crippen molar-refractivity contribution in [2.45, 2.75) is 6.18 Å². The Labute approximate surface area is 104 Å². The number of hydrogen-bond donors (Lipinski definition) is 1. The van der Waals surface area contributed by atoms with E-state index in [1.165, 1.54) is 0 Å². The first-order valence-electron chi connectivity index (χ1n) is 5.07. The molecule has 1 aromatic heterocycles. The van der Waals surface area contributed by atoms with Gasteiger partial charge in [-0.1, -0.05) is 0 Å². The van der Waals surface area contributed by atoms with Crippen LogP contribution in [0.25, 0.3) is 11.3 Å². The Hall–Kier alpha value is -2.18. The van der Waals surface area contributed by atoms with Gasteiger partial charge in [-0.25, -0.2) is 13.8 Å². The summed E-state index contributed by atoms with van der Waals surface area (Å²) in [6.45, 7) is 0. The SMILES string of the molecule is Nc1cc(C(F)(F)F)cc(-c2cc(F)ccc2F)n1. The second-order valence-corrected chi connectivity index (χ2v) is 3.79. The number of aromatic nitrogens is 1. The topological polar surface area (TPSA) is 38.9 Å². The highest BCUT2D eigenvalue weighted by Gasteiger charge is 2.31. The summed E-state index contributed by atoms with van der Waals surface area (Å²) in [5.41, 5.74) is 3.44. The lowest BCUT2D eigenvalue weighted by molar-refractivity contribution is -0.137. The highest BCUT2D eigenvalue weighted by Crippen LogP contribution is 2.33. The molecule has 100 valence electrons. The number of alkyl halides is 3. The standard InChI is InChI=1S/C12H7F5N2/c13-7-1-2-9(14)8(5-7)10-3-6(12(15,16)17)4-11(18)19-10/h1-5H,(H2,18,19). The summed E-state index contributed by atoms with van der Waals surface area (Å²) in [5, 5.41) is 0. The molecule has 0 bridgehead atoms. The Morgan fingerprint density at radius 2 is 1.68 bits per heavy atom. The Morgan fingerprint density at radius 1 is 1.00 bits per heavy atom. The third kappa shape index (κ3) is 2.81. The highest BCUT2D eigenvalue weighted by molar-refractivity contribution is 5.63. The number of halogens is 5. The van der Waals surface area contributed by atoms with Crippen molar-refractivity contribution in [1.29, 1.82) is 0 Å². The van der Waals surface area contributed by atoms with Crippen LogP contribution in [0.3, 0.4) is 0 Å². The van der Waals surface area contributed by atoms with Gasteiger partial charge in [0.25, 0.3) is 0 Å². The molecule has 1 aromatic carbocycles. The largest absolute Gasteiger partial charge is 0.416 e. The fourth-order valence-corrected chi connectivity index (χ4v) is 1.55. The molecular weight excluding hydrogens is 267 g/mol. The fourth-order valence-electron chi connectivity index (χ4n) is 1.55. The van der Waals surface area contributed by atoms with Gasteiger partial charge >= 0.3 is 6.18 Å². The number of hydrogen-bond acceptors (Lipinski definition) is 2. The van der Waals surface area contributed by atoms with Crippen molar-refractivity contribution in [2.24, 2.45) is 0 Å². The molecule has 0 atom stereocenters. The van der Waals surface area contributed by atoms with Crippen molar-refractivity contribution in [1.82, 2.24) is 4.98 Å². The zero-order valence-corrected chi connectivity index (χ0v) is 9.30. The fraction of sp³-hybridized carbons (Fsp3) is 0.0833. The molecule has 0 spiro atoms. The van der Waals surface area contributed by atoms with Gasteiger partial charge in [0, 0.05) is 5.56 Å². The number of nitrogens with two attached hydrogens (primary N) is 1. The Morgan fingerprint density at radius 3 is 2.32 bits per heavy atom. The van der Waals surface area contributed by atoms with Crippen molar-refractivity contribution < 1.29 is 22.0 Å². The first kappa shape index (κ1) is 13.3. The van der Waals surface area contributed by atoms with Crippen molar-refractivity contribution >= 4 is 5.82 Å². The molecule has 0 saturated heterocycles. The smallest absolute Gasteiger partial charge is 0.384 e. The van der Waals surface area contributed by atoms with E-state index >= 15 is 0 Å². The third-order valence-electron chi connectivity index (χ3n) is 2.38. The first-order valence-corrected chi connectivity index (χ1v) is 5.07. The average molecular weight is 274 g/mol. The minimum Gasteiger partial charge on any atom is -0.384 e. The van der Waals surface area contributed by atoms with Crippen LogP contribution in [0.1, 0.15) is 5.56 Å². The lowest BCUT2D eigenvalue weighted by atomic mass is 10.1. The van der Waals surface area contributed by atoms with E-state index < -0.39 is 29.2 Å². The monoisotopic (exact) mass is 274 g/mol. The zero-order valence-electron chi connectivity index (χ0n) is 9.30. The van der Waals surface area contributed by atoms with Crippen LogP contribution in [-0.4, -0.2) is 4.98 Å². The summed E-state index contributed by atoms with van der Waals surface area (Å²) < 4.78 is 64.3. The average Bonchev–Trinajstić information content (AvgIpc) is 2.30. The number of benzene rings is 1. The van der Waals surface area contributed by atoms with Gasteiger partial charge in [0.05, 0.1) is 11.3 Å². The van der Waals surface area contributed by atoms with E-state index in [1.807, 2.05) is 0 Å². The van der Waals surface area contributed by atoms with Crippen LogP contribution in [0.15, 0.2) is 30.3 Å². The van der Waals surface area contributed by atoms with E-state index in [-0.39, 0.29) is 11.3 Å². The van der Waals surface area contributed by atoms with Crippen LogP contribution in [0.4, 0.5) is 27.8 Å². The highest BCUT2D eigenvalue weighted by atomic mass is 19.4. The maximum atomic E-state index is 13.5. The van der Waals surface area contributed by atoms with Crippen molar-refractivity contribution in [3.8, 4) is 11.3 Å². The predicted octanol–water partition coefficient (Wildman–Crippen LogP) is 3.63. The summed E-state index contributed by atoms with van der Waals surface area (Å²) in [6.07, 6.45) is -4.64. The van der Waals surface area contributed by atoms with E-state index in [0.29, 0.717) is 12.1 Å². The molecule has 2 N–H and O–H groups in total. The Balaban J connectivity index is 2.63. The van der Waals surface area contributed by atoms with E-state index in [1.54, 1.807) is 0 Å². The lowest BCUT2D eigenvalue weighted by Gasteiger charge is -2.10. The van der Waals surface area contributed by atoms with Crippen molar-refractivity contribution in [3.05, 3.63) is 47.5 Å². The maximum Gasteiger partial charge on any atom is 0.416 e. The number of anilines is 1. The molecule has 0 fully saturated rings. The minimum atomic E-state index is -4.64. The minimum absolute atomic E-state index is 0.371. The van der Waals surface area contributed by atoms with Gasteiger partial charge in [-0.05, 0) is 30.3 Å². The van der Waals surface area contributed by atoms with E-state index in [0.717, 1.165) is 18.2 Å². The van der Waals surface area contributed by atoms with Gasteiger partial charge in [-0.15, -0.1) is 0 Å². The quantitative estimate of drug-likeness (QED) is 0.806. The lowest BCUT2D eigenvalue weighted by Crippen LogP contribution is -2.07. The molecule has 0 aliphatic heterocycles. The molecule has 0 amide bonds. The van der Waals surface area contributed by atoms with Gasteiger partial charge < -0.3 is 5.73 Å². The van der Waals surface area contributed by atoms with Crippen molar-refractivity contribution in [3.63, 3.8) is 0 Å². The van der Waals surface area contributed by atoms with Crippen LogP contribution in [0, 0.1) is 11.6 Å². The van der Waals surface area contributed by atoms with E-state index in [4.69, 9.17) is 5.73 Å². The molecule has 0 saturated carbocycles. The van der Waals surface area contributed by atoms with Crippen LogP contribution in [-0.2, 0) is 6.18 Å². The molecule has 0 unspecified atom stereocenters. The van der Waals surface area contributed by atoms with Crippen molar-refractivity contribution in [2.75, 3.05) is 5.73 Å². The number of rotatable bonds is 1. The molecule has 0 aliphatic carbocycles. The molecule has 0 radical (unpaired) electrons. The van der Waals surface area contributed by atoms with Crippen LogP contribution in [0.2, 0.25) is 0 Å².